The van der Waals surface area contributed by atoms with E-state index in [1.165, 1.54) is 24.2 Å². The fourth-order valence-corrected chi connectivity index (χ4v) is 5.39. The van der Waals surface area contributed by atoms with Gasteiger partial charge in [0.2, 0.25) is 0 Å². The first-order valence-electron chi connectivity index (χ1n) is 13.0. The molecule has 3 N–H and O–H groups in total. The molecule has 0 amide bonds. The van der Waals surface area contributed by atoms with E-state index in [0.29, 0.717) is 17.6 Å². The maximum Gasteiger partial charge on any atom is 0.167 e. The lowest BCUT2D eigenvalue weighted by atomic mass is 9.78. The number of rotatable bonds is 6. The summed E-state index contributed by atoms with van der Waals surface area (Å²) in [6, 6.07) is 5.10. The molecule has 0 bridgehead atoms. The Bertz CT molecular complexity index is 1490. The molecule has 0 radical (unpaired) electrons. The molecular weight excluding hydrogens is 503 g/mol. The summed E-state index contributed by atoms with van der Waals surface area (Å²) in [5, 5.41) is 11.5. The van der Waals surface area contributed by atoms with Crippen LogP contribution in [0.5, 0.6) is 0 Å². The molecule has 1 unspecified atom stereocenters. The van der Waals surface area contributed by atoms with Crippen LogP contribution >= 0.6 is 11.6 Å². The lowest BCUT2D eigenvalue weighted by Crippen LogP contribution is -2.49. The summed E-state index contributed by atoms with van der Waals surface area (Å²) in [6.45, 7) is 6.45. The normalized spacial score (nSPS) is 19.2. The number of pyridine rings is 3. The third-order valence-electron chi connectivity index (χ3n) is 7.70. The van der Waals surface area contributed by atoms with Gasteiger partial charge in [-0.25, -0.2) is 24.3 Å². The molecule has 6 rings (SSSR count). The molecule has 1 saturated heterocycles. The lowest BCUT2D eigenvalue weighted by Gasteiger charge is -2.40. The number of hydrogen-bond acceptors (Lipinski definition) is 8. The average molecular weight is 533 g/mol. The number of nitrogens with zero attached hydrogens (tertiary/aromatic N) is 5. The van der Waals surface area contributed by atoms with Gasteiger partial charge in [-0.3, -0.25) is 4.98 Å². The smallest absolute Gasteiger partial charge is 0.167 e. The summed E-state index contributed by atoms with van der Waals surface area (Å²) in [7, 11) is 0. The van der Waals surface area contributed by atoms with Gasteiger partial charge in [0, 0.05) is 42.1 Å². The summed E-state index contributed by atoms with van der Waals surface area (Å²) < 4.78 is 14.3. The summed E-state index contributed by atoms with van der Waals surface area (Å²) in [5.74, 6) is 1.79. The van der Waals surface area contributed by atoms with Crippen molar-refractivity contribution in [2.24, 2.45) is 5.41 Å². The van der Waals surface area contributed by atoms with E-state index in [1.54, 1.807) is 12.3 Å². The monoisotopic (exact) mass is 532 g/mol. The molecule has 8 nitrogen and oxygen atoms in total. The molecule has 38 heavy (non-hydrogen) atoms. The van der Waals surface area contributed by atoms with E-state index in [-0.39, 0.29) is 22.3 Å². The Morgan fingerprint density at radius 2 is 1.92 bits per heavy atom. The van der Waals surface area contributed by atoms with Crippen molar-refractivity contribution in [3.8, 4) is 11.4 Å². The van der Waals surface area contributed by atoms with E-state index in [4.69, 9.17) is 21.6 Å². The summed E-state index contributed by atoms with van der Waals surface area (Å²) >= 11 is 5.84. The zero-order valence-electron chi connectivity index (χ0n) is 21.4. The van der Waals surface area contributed by atoms with Gasteiger partial charge in [0.15, 0.2) is 17.5 Å². The largest absolute Gasteiger partial charge is 0.366 e. The highest BCUT2D eigenvalue weighted by molar-refractivity contribution is 6.30. The van der Waals surface area contributed by atoms with Crippen LogP contribution in [-0.2, 0) is 0 Å². The van der Waals surface area contributed by atoms with Gasteiger partial charge < -0.3 is 16.0 Å². The number of hydrogen-bond donors (Lipinski definition) is 3. The number of fused-ring (bicyclic) bond motifs is 1. The van der Waals surface area contributed by atoms with Crippen molar-refractivity contribution in [3.05, 3.63) is 59.4 Å². The van der Waals surface area contributed by atoms with Crippen molar-refractivity contribution < 1.29 is 4.39 Å². The molecule has 2 fully saturated rings. The Morgan fingerprint density at radius 3 is 2.68 bits per heavy atom. The molecule has 196 valence electrons. The van der Waals surface area contributed by atoms with Gasteiger partial charge >= 0.3 is 0 Å². The van der Waals surface area contributed by atoms with Crippen LogP contribution in [0.1, 0.15) is 51.0 Å². The fourth-order valence-electron chi connectivity index (χ4n) is 5.24. The fraction of sp³-hybridized carbons (Fsp3) is 0.393. The molecule has 4 aromatic rings. The molecular formula is C28H30ClFN8. The van der Waals surface area contributed by atoms with Crippen molar-refractivity contribution in [3.63, 3.8) is 0 Å². The summed E-state index contributed by atoms with van der Waals surface area (Å²) in [5.41, 5.74) is 2.84. The number of anilines is 3. The van der Waals surface area contributed by atoms with Crippen LogP contribution in [0, 0.1) is 11.2 Å². The van der Waals surface area contributed by atoms with Gasteiger partial charge in [-0.1, -0.05) is 31.9 Å². The van der Waals surface area contributed by atoms with Gasteiger partial charge in [0.1, 0.15) is 11.6 Å². The van der Waals surface area contributed by atoms with E-state index in [9.17, 15) is 4.39 Å². The molecule has 4 aromatic heterocycles. The van der Waals surface area contributed by atoms with Crippen molar-refractivity contribution >= 4 is 40.0 Å². The van der Waals surface area contributed by atoms with E-state index in [2.05, 4.69) is 44.7 Å². The number of aromatic nitrogens is 5. The first kappa shape index (κ1) is 24.9. The van der Waals surface area contributed by atoms with Crippen molar-refractivity contribution in [2.45, 2.75) is 51.5 Å². The third-order valence-corrected chi connectivity index (χ3v) is 7.90. The minimum Gasteiger partial charge on any atom is -0.366 e. The Labute approximate surface area is 225 Å². The maximum absolute atomic E-state index is 14.3. The Kier molecular flexibility index (Phi) is 6.57. The number of piperidine rings is 1. The second-order valence-corrected chi connectivity index (χ2v) is 11.3. The van der Waals surface area contributed by atoms with Gasteiger partial charge in [-0.2, -0.15) is 0 Å². The van der Waals surface area contributed by atoms with Crippen molar-refractivity contribution in [2.75, 3.05) is 23.7 Å². The minimum absolute atomic E-state index is 0.0447. The Morgan fingerprint density at radius 1 is 1.05 bits per heavy atom. The molecule has 1 aliphatic carbocycles. The third kappa shape index (κ3) is 4.88. The highest BCUT2D eigenvalue weighted by Crippen LogP contribution is 2.42. The number of halogens is 2. The van der Waals surface area contributed by atoms with E-state index in [0.717, 1.165) is 54.6 Å². The van der Waals surface area contributed by atoms with Crippen LogP contribution in [-0.4, -0.2) is 44.1 Å². The highest BCUT2D eigenvalue weighted by atomic mass is 35.5. The zero-order valence-corrected chi connectivity index (χ0v) is 22.2. The van der Waals surface area contributed by atoms with Crippen LogP contribution in [0.25, 0.3) is 22.3 Å². The predicted molar refractivity (Wildman–Crippen MR) is 148 cm³/mol. The molecule has 10 heteroatoms. The van der Waals surface area contributed by atoms with Crippen LogP contribution in [0.4, 0.5) is 21.8 Å². The van der Waals surface area contributed by atoms with Crippen LogP contribution < -0.4 is 16.0 Å². The van der Waals surface area contributed by atoms with E-state index >= 15 is 0 Å². The first-order chi connectivity index (χ1) is 18.4. The molecule has 1 saturated carbocycles. The van der Waals surface area contributed by atoms with Crippen LogP contribution in [0.2, 0.25) is 5.02 Å². The van der Waals surface area contributed by atoms with Gasteiger partial charge in [-0.15, -0.1) is 0 Å². The summed E-state index contributed by atoms with van der Waals surface area (Å²) in [6.07, 6.45) is 11.4. The van der Waals surface area contributed by atoms with Crippen LogP contribution in [0.15, 0.2) is 43.0 Å². The molecule has 0 aromatic carbocycles. The van der Waals surface area contributed by atoms with Crippen molar-refractivity contribution in [1.29, 1.82) is 0 Å². The first-order valence-corrected chi connectivity index (χ1v) is 13.4. The summed E-state index contributed by atoms with van der Waals surface area (Å²) in [4.78, 5) is 22.9. The Balaban J connectivity index is 1.42. The Hall–Kier alpha value is -3.43. The zero-order chi connectivity index (χ0) is 26.3. The topological polar surface area (TPSA) is 101 Å². The molecule has 1 atom stereocenters. The number of nitrogens with one attached hydrogen (secondary N) is 3. The highest BCUT2D eigenvalue weighted by Gasteiger charge is 2.33. The lowest BCUT2D eigenvalue weighted by molar-refractivity contribution is 0.236. The molecule has 2 aliphatic rings. The predicted octanol–water partition coefficient (Wildman–Crippen LogP) is 6.09. The van der Waals surface area contributed by atoms with Gasteiger partial charge in [-0.05, 0) is 60.9 Å². The second kappa shape index (κ2) is 10.0. The minimum atomic E-state index is -0.558. The van der Waals surface area contributed by atoms with Gasteiger partial charge in [0.05, 0.1) is 16.7 Å². The van der Waals surface area contributed by atoms with Gasteiger partial charge in [0.25, 0.3) is 0 Å². The standard InChI is InChI=1S/C28H30ClFN8/c1-28(2)15-31-8-7-22(28)36-27-24-19(16-4-3-5-16)13-32-14-21(24)35-25(38-27)17-6-9-33-23(10-17)37-26-20(30)11-18(29)12-34-26/h6,9-14,16,22,31H,3-5,7-8,15H2,1-2H3,(H,33,34,37)(H,35,36,38). The quantitative estimate of drug-likeness (QED) is 0.274. The maximum atomic E-state index is 14.3. The van der Waals surface area contributed by atoms with Crippen molar-refractivity contribution in [1.82, 2.24) is 30.2 Å². The average Bonchev–Trinajstić information content (AvgIpc) is 2.86. The molecule has 0 spiro atoms. The SMILES string of the molecule is CC1(C)CNCCC1Nc1nc(-c2ccnc(Nc3ncc(Cl)cc3F)c2)nc2cncc(C3CCC3)c12. The second-order valence-electron chi connectivity index (χ2n) is 10.8. The van der Waals surface area contributed by atoms with E-state index < -0.39 is 5.82 Å². The molecule has 5 heterocycles. The molecule has 1 aliphatic heterocycles. The van der Waals surface area contributed by atoms with E-state index in [1.807, 2.05) is 18.5 Å². The van der Waals surface area contributed by atoms with Crippen LogP contribution in [0.3, 0.4) is 0 Å².